The van der Waals surface area contributed by atoms with Crippen molar-refractivity contribution in [1.82, 2.24) is 24.9 Å². The first kappa shape index (κ1) is 21.2. The minimum Gasteiger partial charge on any atom is -0.387 e. The Morgan fingerprint density at radius 1 is 1.15 bits per heavy atom. The molecule has 0 aliphatic heterocycles. The number of aromatic amines is 3. The fourth-order valence-corrected chi connectivity index (χ4v) is 3.97. The normalized spacial score (nSPS) is 11.9. The van der Waals surface area contributed by atoms with Crippen LogP contribution in [0, 0.1) is 18.3 Å². The van der Waals surface area contributed by atoms with Crippen LogP contribution in [0.3, 0.4) is 0 Å². The molecule has 5 N–H and O–H groups in total. The molecule has 2 aromatic carbocycles. The summed E-state index contributed by atoms with van der Waals surface area (Å²) in [6, 6.07) is 14.5. The molecule has 0 saturated carbocycles. The molecule has 0 aliphatic rings. The van der Waals surface area contributed by atoms with Crippen molar-refractivity contribution < 1.29 is 5.11 Å². The van der Waals surface area contributed by atoms with Gasteiger partial charge in [0.05, 0.1) is 34.5 Å². The fourth-order valence-electron chi connectivity index (χ4n) is 3.97. The van der Waals surface area contributed by atoms with Crippen LogP contribution in [-0.4, -0.2) is 36.6 Å². The van der Waals surface area contributed by atoms with Gasteiger partial charge in [-0.2, -0.15) is 5.26 Å². The van der Waals surface area contributed by atoms with Crippen molar-refractivity contribution in [2.45, 2.75) is 13.0 Å². The van der Waals surface area contributed by atoms with Gasteiger partial charge in [-0.3, -0.25) is 4.79 Å². The summed E-state index contributed by atoms with van der Waals surface area (Å²) in [4.78, 5) is 30.8. The highest BCUT2D eigenvalue weighted by molar-refractivity contribution is 5.88. The number of aliphatic hydroxyl groups excluding tert-OH is 1. The fraction of sp³-hybridized carbons (Fsp3) is 0.120. The van der Waals surface area contributed by atoms with Gasteiger partial charge in [-0.05, 0) is 48.4 Å². The van der Waals surface area contributed by atoms with Crippen molar-refractivity contribution in [3.05, 3.63) is 88.1 Å². The Bertz CT molecular complexity index is 1580. The third kappa shape index (κ3) is 3.94. The number of hydrogen-bond acceptors (Lipinski definition) is 6. The first-order chi connectivity index (χ1) is 16.5. The van der Waals surface area contributed by atoms with Crippen LogP contribution < -0.4 is 10.9 Å². The maximum atomic E-state index is 12.8. The lowest BCUT2D eigenvalue weighted by atomic mass is 10.1. The van der Waals surface area contributed by atoms with E-state index in [2.05, 4.69) is 36.3 Å². The average Bonchev–Trinajstić information content (AvgIpc) is 3.53. The summed E-state index contributed by atoms with van der Waals surface area (Å²) in [6.07, 6.45) is 4.13. The molecule has 0 amide bonds. The highest BCUT2D eigenvalue weighted by Gasteiger charge is 2.17. The minimum absolute atomic E-state index is 0.146. The summed E-state index contributed by atoms with van der Waals surface area (Å²) >= 11 is 0. The highest BCUT2D eigenvalue weighted by atomic mass is 16.3. The van der Waals surface area contributed by atoms with Crippen LogP contribution in [0.25, 0.3) is 33.8 Å². The van der Waals surface area contributed by atoms with Crippen LogP contribution in [0.15, 0.2) is 65.8 Å². The van der Waals surface area contributed by atoms with Crippen LogP contribution >= 0.6 is 0 Å². The zero-order valence-corrected chi connectivity index (χ0v) is 18.3. The van der Waals surface area contributed by atoms with E-state index in [1.54, 1.807) is 48.9 Å². The molecule has 34 heavy (non-hydrogen) atoms. The third-order valence-corrected chi connectivity index (χ3v) is 5.63. The molecule has 0 fully saturated rings. The smallest absolute Gasteiger partial charge is 0.261 e. The van der Waals surface area contributed by atoms with Crippen LogP contribution in [0.1, 0.15) is 22.8 Å². The van der Waals surface area contributed by atoms with E-state index < -0.39 is 6.10 Å². The number of nitriles is 1. The van der Waals surface area contributed by atoms with Crippen molar-refractivity contribution in [2.24, 2.45) is 0 Å². The molecule has 3 aromatic heterocycles. The molecule has 9 nitrogen and oxygen atoms in total. The summed E-state index contributed by atoms with van der Waals surface area (Å²) < 4.78 is 0. The number of benzene rings is 2. The van der Waals surface area contributed by atoms with E-state index >= 15 is 0 Å². The topological polar surface area (TPSA) is 146 Å². The zero-order valence-electron chi connectivity index (χ0n) is 18.3. The predicted molar refractivity (Wildman–Crippen MR) is 129 cm³/mol. The molecular weight excluding hydrogens is 430 g/mol. The lowest BCUT2D eigenvalue weighted by Crippen LogP contribution is -2.17. The van der Waals surface area contributed by atoms with Crippen molar-refractivity contribution in [3.8, 4) is 28.8 Å². The van der Waals surface area contributed by atoms with Crippen LogP contribution in [0.2, 0.25) is 0 Å². The van der Waals surface area contributed by atoms with Gasteiger partial charge in [-0.1, -0.05) is 12.1 Å². The number of aromatic nitrogens is 5. The van der Waals surface area contributed by atoms with Gasteiger partial charge in [0.25, 0.3) is 5.56 Å². The monoisotopic (exact) mass is 451 g/mol. The van der Waals surface area contributed by atoms with Crippen molar-refractivity contribution in [2.75, 3.05) is 11.9 Å². The number of aryl methyl sites for hydroxylation is 1. The molecule has 0 saturated heterocycles. The lowest BCUT2D eigenvalue weighted by molar-refractivity contribution is 0.191. The number of nitrogens with zero attached hydrogens (tertiary/aromatic N) is 3. The van der Waals surface area contributed by atoms with Crippen molar-refractivity contribution >= 4 is 16.7 Å². The number of rotatable bonds is 6. The standard InChI is InChI=1S/C25H21N7O2/c1-14-9-17(23-27-7-8-28-23)11-19-22(14)32-24(31-19)21-18(5-6-29-25(21)34)30-13-20(33)16-4-2-3-15(10-16)12-26/h2-11,20,33H,13H2,1H3,(H,27,28)(H,31,32)(H2,29,30,34). The molecule has 0 radical (unpaired) electrons. The number of hydrogen-bond donors (Lipinski definition) is 5. The van der Waals surface area contributed by atoms with Gasteiger partial charge in [0.2, 0.25) is 0 Å². The lowest BCUT2D eigenvalue weighted by Gasteiger charge is -2.15. The Morgan fingerprint density at radius 3 is 2.82 bits per heavy atom. The Balaban J connectivity index is 1.48. The van der Waals surface area contributed by atoms with Gasteiger partial charge in [0, 0.05) is 30.7 Å². The molecular formula is C25H21N7O2. The quantitative estimate of drug-likeness (QED) is 0.266. The number of H-pyrrole nitrogens is 3. The molecule has 168 valence electrons. The number of anilines is 1. The molecule has 5 rings (SSSR count). The minimum atomic E-state index is -0.866. The van der Waals surface area contributed by atoms with Gasteiger partial charge in [-0.15, -0.1) is 0 Å². The zero-order chi connectivity index (χ0) is 23.7. The van der Waals surface area contributed by atoms with E-state index in [4.69, 9.17) is 5.26 Å². The maximum Gasteiger partial charge on any atom is 0.261 e. The predicted octanol–water partition coefficient (Wildman–Crippen LogP) is 3.63. The van der Waals surface area contributed by atoms with E-state index in [1.165, 1.54) is 0 Å². The van der Waals surface area contributed by atoms with Gasteiger partial charge < -0.3 is 25.4 Å². The van der Waals surface area contributed by atoms with Gasteiger partial charge >= 0.3 is 0 Å². The number of pyridine rings is 1. The second kappa shape index (κ2) is 8.69. The Labute approximate surface area is 194 Å². The highest BCUT2D eigenvalue weighted by Crippen LogP contribution is 2.29. The summed E-state index contributed by atoms with van der Waals surface area (Å²) in [5.74, 6) is 1.16. The van der Waals surface area contributed by atoms with E-state index in [0.29, 0.717) is 28.2 Å². The summed E-state index contributed by atoms with van der Waals surface area (Å²) in [5, 5.41) is 22.9. The molecule has 0 bridgehead atoms. The van der Waals surface area contributed by atoms with Crippen LogP contribution in [0.5, 0.6) is 0 Å². The third-order valence-electron chi connectivity index (χ3n) is 5.63. The average molecular weight is 451 g/mol. The number of imidazole rings is 2. The first-order valence-electron chi connectivity index (χ1n) is 10.7. The van der Waals surface area contributed by atoms with E-state index in [9.17, 15) is 9.90 Å². The summed E-state index contributed by atoms with van der Waals surface area (Å²) in [6.45, 7) is 2.10. The Morgan fingerprint density at radius 2 is 2.03 bits per heavy atom. The number of nitrogens with one attached hydrogen (secondary N) is 4. The van der Waals surface area contributed by atoms with Crippen LogP contribution in [0.4, 0.5) is 5.69 Å². The van der Waals surface area contributed by atoms with Gasteiger partial charge in [-0.25, -0.2) is 9.97 Å². The molecule has 1 unspecified atom stereocenters. The van der Waals surface area contributed by atoms with E-state index in [-0.39, 0.29) is 12.1 Å². The molecule has 0 spiro atoms. The largest absolute Gasteiger partial charge is 0.387 e. The second-order valence-electron chi connectivity index (χ2n) is 7.94. The SMILES string of the molecule is Cc1cc(-c2ncc[nH]2)cc2[nH]c(-c3c(NCC(O)c4cccc(C#N)c4)cc[nH]c3=O)nc12. The van der Waals surface area contributed by atoms with E-state index in [1.807, 2.05) is 19.1 Å². The molecule has 3 heterocycles. The van der Waals surface area contributed by atoms with Crippen LogP contribution in [-0.2, 0) is 0 Å². The van der Waals surface area contributed by atoms with Gasteiger partial charge in [0.1, 0.15) is 17.2 Å². The Kier molecular flexibility index (Phi) is 5.41. The molecule has 0 aliphatic carbocycles. The molecule has 1 atom stereocenters. The summed E-state index contributed by atoms with van der Waals surface area (Å²) in [7, 11) is 0. The first-order valence-corrected chi connectivity index (χ1v) is 10.7. The summed E-state index contributed by atoms with van der Waals surface area (Å²) in [5.41, 5.74) is 5.04. The number of aliphatic hydroxyl groups is 1. The molecule has 9 heteroatoms. The van der Waals surface area contributed by atoms with Gasteiger partial charge in [0.15, 0.2) is 0 Å². The Hall–Kier alpha value is -4.68. The van der Waals surface area contributed by atoms with Crippen molar-refractivity contribution in [3.63, 3.8) is 0 Å². The second-order valence-corrected chi connectivity index (χ2v) is 7.94. The van der Waals surface area contributed by atoms with E-state index in [0.717, 1.165) is 28.0 Å². The van der Waals surface area contributed by atoms with Crippen molar-refractivity contribution in [1.29, 1.82) is 5.26 Å². The maximum absolute atomic E-state index is 12.8. The number of fused-ring (bicyclic) bond motifs is 1. The molecule has 5 aromatic rings.